The third kappa shape index (κ3) is 4.67. The van der Waals surface area contributed by atoms with E-state index in [9.17, 15) is 18.3 Å². The Morgan fingerprint density at radius 3 is 2.62 bits per heavy atom. The van der Waals surface area contributed by atoms with Crippen molar-refractivity contribution in [2.45, 2.75) is 36.3 Å². The molecule has 7 nitrogen and oxygen atoms in total. The number of benzene rings is 2. The number of carbonyl (C=O) groups excluding carboxylic acids is 1. The van der Waals surface area contributed by atoms with Crippen LogP contribution in [0.1, 0.15) is 41.5 Å². The summed E-state index contributed by atoms with van der Waals surface area (Å²) in [5.74, 6) is -0.319. The first kappa shape index (κ1) is 19.6. The Hall–Kier alpha value is -2.68. The quantitative estimate of drug-likeness (QED) is 0.525. The van der Waals surface area contributed by atoms with Gasteiger partial charge in [-0.1, -0.05) is 30.3 Å². The highest BCUT2D eigenvalue weighted by molar-refractivity contribution is 7.89. The van der Waals surface area contributed by atoms with Crippen molar-refractivity contribution < 1.29 is 22.7 Å². The van der Waals surface area contributed by atoms with Crippen LogP contribution in [0.2, 0.25) is 0 Å². The Labute approximate surface area is 168 Å². The van der Waals surface area contributed by atoms with Gasteiger partial charge in [-0.3, -0.25) is 4.79 Å². The molecule has 0 spiro atoms. The second kappa shape index (κ2) is 7.98. The standard InChI is InChI=1S/C21H22N2O5S/c24-18(14-4-2-1-3-5-14)10-11-22-21(25)20-13-15-12-17(8-9-19(15)28-20)29(26,27)23-16-6-7-16/h1-5,8-9,12-13,16,18,23-24H,6-7,10-11H2,(H,22,25). The number of amides is 1. The summed E-state index contributed by atoms with van der Waals surface area (Å²) in [5, 5.41) is 13.4. The molecule has 3 N–H and O–H groups in total. The van der Waals surface area contributed by atoms with Gasteiger partial charge < -0.3 is 14.8 Å². The number of hydrogen-bond acceptors (Lipinski definition) is 5. The van der Waals surface area contributed by atoms with Gasteiger partial charge in [-0.2, -0.15) is 0 Å². The van der Waals surface area contributed by atoms with E-state index >= 15 is 0 Å². The molecule has 1 saturated carbocycles. The predicted octanol–water partition coefficient (Wildman–Crippen LogP) is 2.73. The largest absolute Gasteiger partial charge is 0.451 e. The lowest BCUT2D eigenvalue weighted by Gasteiger charge is -2.10. The van der Waals surface area contributed by atoms with Gasteiger partial charge in [0.05, 0.1) is 11.0 Å². The predicted molar refractivity (Wildman–Crippen MR) is 108 cm³/mol. The van der Waals surface area contributed by atoms with Gasteiger partial charge >= 0.3 is 0 Å². The summed E-state index contributed by atoms with van der Waals surface area (Å²) < 4.78 is 32.9. The fourth-order valence-corrected chi connectivity index (χ4v) is 4.38. The molecule has 1 amide bonds. The zero-order valence-corrected chi connectivity index (χ0v) is 16.5. The second-order valence-corrected chi connectivity index (χ2v) is 8.89. The van der Waals surface area contributed by atoms with Gasteiger partial charge in [0.25, 0.3) is 5.91 Å². The maximum Gasteiger partial charge on any atom is 0.287 e. The van der Waals surface area contributed by atoms with E-state index in [-0.39, 0.29) is 23.2 Å². The molecule has 4 rings (SSSR count). The van der Waals surface area contributed by atoms with E-state index in [1.807, 2.05) is 30.3 Å². The summed E-state index contributed by atoms with van der Waals surface area (Å²) in [6, 6.07) is 15.3. The number of aliphatic hydroxyl groups excluding tert-OH is 1. The minimum absolute atomic E-state index is 0.0209. The van der Waals surface area contributed by atoms with Crippen molar-refractivity contribution in [3.63, 3.8) is 0 Å². The summed E-state index contributed by atoms with van der Waals surface area (Å²) in [6.45, 7) is 0.275. The average molecular weight is 414 g/mol. The molecule has 0 aliphatic heterocycles. The molecule has 1 heterocycles. The summed E-state index contributed by atoms with van der Waals surface area (Å²) >= 11 is 0. The number of hydrogen-bond donors (Lipinski definition) is 3. The van der Waals surface area contributed by atoms with Gasteiger partial charge in [-0.05, 0) is 49.1 Å². The van der Waals surface area contributed by atoms with Crippen molar-refractivity contribution in [3.8, 4) is 0 Å². The van der Waals surface area contributed by atoms with Crippen LogP contribution in [0.3, 0.4) is 0 Å². The number of furan rings is 1. The fourth-order valence-electron chi connectivity index (χ4n) is 3.04. The monoisotopic (exact) mass is 414 g/mol. The first-order valence-corrected chi connectivity index (χ1v) is 11.0. The molecular formula is C21H22N2O5S. The van der Waals surface area contributed by atoms with E-state index in [1.165, 1.54) is 18.2 Å². The van der Waals surface area contributed by atoms with Crippen LogP contribution in [0.15, 0.2) is 63.9 Å². The van der Waals surface area contributed by atoms with Crippen LogP contribution in [-0.2, 0) is 10.0 Å². The van der Waals surface area contributed by atoms with Gasteiger partial charge in [0.1, 0.15) is 5.58 Å². The van der Waals surface area contributed by atoms with Crippen molar-refractivity contribution in [3.05, 3.63) is 65.9 Å². The average Bonchev–Trinajstić information content (AvgIpc) is 3.41. The van der Waals surface area contributed by atoms with E-state index in [0.29, 0.717) is 17.4 Å². The van der Waals surface area contributed by atoms with E-state index < -0.39 is 22.0 Å². The molecule has 1 aliphatic rings. The summed E-state index contributed by atoms with van der Waals surface area (Å²) in [4.78, 5) is 12.5. The maximum atomic E-state index is 12.4. The van der Waals surface area contributed by atoms with Crippen LogP contribution < -0.4 is 10.0 Å². The van der Waals surface area contributed by atoms with Crippen molar-refractivity contribution >= 4 is 26.9 Å². The number of fused-ring (bicyclic) bond motifs is 1. The summed E-state index contributed by atoms with van der Waals surface area (Å²) in [6.07, 6.45) is 1.41. The molecule has 3 aromatic rings. The van der Waals surface area contributed by atoms with Gasteiger partial charge in [0.15, 0.2) is 5.76 Å². The molecule has 152 valence electrons. The first-order valence-electron chi connectivity index (χ1n) is 9.49. The first-order chi connectivity index (χ1) is 13.9. The fraction of sp³-hybridized carbons (Fsp3) is 0.286. The van der Waals surface area contributed by atoms with Crippen LogP contribution in [-0.4, -0.2) is 32.0 Å². The maximum absolute atomic E-state index is 12.4. The van der Waals surface area contributed by atoms with Crippen molar-refractivity contribution in [2.24, 2.45) is 0 Å². The molecule has 2 aromatic carbocycles. The van der Waals surface area contributed by atoms with E-state index in [1.54, 1.807) is 6.07 Å². The molecular weight excluding hydrogens is 392 g/mol. The Morgan fingerprint density at radius 2 is 1.90 bits per heavy atom. The number of rotatable bonds is 8. The Morgan fingerprint density at radius 1 is 1.14 bits per heavy atom. The van der Waals surface area contributed by atoms with Crippen LogP contribution in [0, 0.1) is 0 Å². The van der Waals surface area contributed by atoms with E-state index in [4.69, 9.17) is 4.42 Å². The van der Waals surface area contributed by atoms with Crippen LogP contribution in [0.4, 0.5) is 0 Å². The van der Waals surface area contributed by atoms with Crippen LogP contribution >= 0.6 is 0 Å². The second-order valence-electron chi connectivity index (χ2n) is 7.18. The smallest absolute Gasteiger partial charge is 0.287 e. The Balaban J connectivity index is 1.40. The van der Waals surface area contributed by atoms with Crippen molar-refractivity contribution in [1.82, 2.24) is 10.0 Å². The number of nitrogens with one attached hydrogen (secondary N) is 2. The van der Waals surface area contributed by atoms with Crippen LogP contribution in [0.5, 0.6) is 0 Å². The highest BCUT2D eigenvalue weighted by Crippen LogP contribution is 2.26. The minimum atomic E-state index is -3.57. The SMILES string of the molecule is O=C(NCCC(O)c1ccccc1)c1cc2cc(S(=O)(=O)NC3CC3)ccc2o1. The van der Waals surface area contributed by atoms with Crippen molar-refractivity contribution in [1.29, 1.82) is 0 Å². The molecule has 29 heavy (non-hydrogen) atoms. The molecule has 1 aromatic heterocycles. The van der Waals surface area contributed by atoms with Gasteiger partial charge in [-0.25, -0.2) is 13.1 Å². The molecule has 1 fully saturated rings. The van der Waals surface area contributed by atoms with Gasteiger partial charge in [-0.15, -0.1) is 0 Å². The van der Waals surface area contributed by atoms with Gasteiger partial charge in [0, 0.05) is 18.0 Å². The molecule has 1 aliphatic carbocycles. The third-order valence-electron chi connectivity index (χ3n) is 4.81. The molecule has 8 heteroatoms. The molecule has 0 radical (unpaired) electrons. The van der Waals surface area contributed by atoms with Gasteiger partial charge in [0.2, 0.25) is 10.0 Å². The number of aliphatic hydroxyl groups is 1. The van der Waals surface area contributed by atoms with E-state index in [0.717, 1.165) is 18.4 Å². The number of sulfonamides is 1. The number of carbonyl (C=O) groups is 1. The topological polar surface area (TPSA) is 109 Å². The normalized spacial score (nSPS) is 15.3. The molecule has 1 unspecified atom stereocenters. The Bertz CT molecular complexity index is 1120. The zero-order valence-electron chi connectivity index (χ0n) is 15.7. The molecule has 1 atom stereocenters. The lowest BCUT2D eigenvalue weighted by molar-refractivity contribution is 0.0917. The molecule has 0 saturated heterocycles. The van der Waals surface area contributed by atoms with Crippen LogP contribution in [0.25, 0.3) is 11.0 Å². The highest BCUT2D eigenvalue weighted by atomic mass is 32.2. The van der Waals surface area contributed by atoms with Crippen molar-refractivity contribution in [2.75, 3.05) is 6.54 Å². The highest BCUT2D eigenvalue weighted by Gasteiger charge is 2.28. The lowest BCUT2D eigenvalue weighted by Crippen LogP contribution is -2.25. The van der Waals surface area contributed by atoms with E-state index in [2.05, 4.69) is 10.0 Å². The summed E-state index contributed by atoms with van der Waals surface area (Å²) in [5.41, 5.74) is 1.23. The molecule has 0 bridgehead atoms. The zero-order chi connectivity index (χ0) is 20.4. The third-order valence-corrected chi connectivity index (χ3v) is 6.33. The lowest BCUT2D eigenvalue weighted by atomic mass is 10.1. The summed E-state index contributed by atoms with van der Waals surface area (Å²) in [7, 11) is -3.57. The Kier molecular flexibility index (Phi) is 5.40. The minimum Gasteiger partial charge on any atom is -0.451 e.